The standard InChI is InChI=1S/C12H12N2O2/c1-16-11-4-2-10(3-5-11)14-8-9(7-13)6-12(14)15/h2-5,9H,6,8H2,1H3. The third-order valence-electron chi connectivity index (χ3n) is 2.69. The van der Waals surface area contributed by atoms with Crippen LogP contribution < -0.4 is 9.64 Å². The fourth-order valence-corrected chi connectivity index (χ4v) is 1.81. The number of anilines is 1. The first kappa shape index (κ1) is 10.5. The lowest BCUT2D eigenvalue weighted by atomic mass is 10.1. The van der Waals surface area contributed by atoms with Gasteiger partial charge >= 0.3 is 0 Å². The topological polar surface area (TPSA) is 53.3 Å². The Balaban J connectivity index is 2.18. The zero-order valence-electron chi connectivity index (χ0n) is 9.01. The Morgan fingerprint density at radius 3 is 2.62 bits per heavy atom. The SMILES string of the molecule is COc1ccc(N2CC(C#N)CC2=O)cc1. The fourth-order valence-electron chi connectivity index (χ4n) is 1.81. The van der Waals surface area contributed by atoms with Crippen LogP contribution in [-0.2, 0) is 4.79 Å². The van der Waals surface area contributed by atoms with E-state index in [-0.39, 0.29) is 11.8 Å². The van der Waals surface area contributed by atoms with Crippen LogP contribution in [-0.4, -0.2) is 19.6 Å². The highest BCUT2D eigenvalue weighted by atomic mass is 16.5. The quantitative estimate of drug-likeness (QED) is 0.754. The summed E-state index contributed by atoms with van der Waals surface area (Å²) in [6, 6.07) is 9.40. The molecule has 0 aromatic heterocycles. The maximum absolute atomic E-state index is 11.6. The molecule has 2 rings (SSSR count). The number of carbonyl (C=O) groups is 1. The minimum absolute atomic E-state index is 0.0108. The number of benzene rings is 1. The minimum Gasteiger partial charge on any atom is -0.497 e. The van der Waals surface area contributed by atoms with Crippen LogP contribution in [0.1, 0.15) is 6.42 Å². The summed E-state index contributed by atoms with van der Waals surface area (Å²) in [6.45, 7) is 0.488. The number of ether oxygens (including phenoxy) is 1. The van der Waals surface area contributed by atoms with E-state index in [9.17, 15) is 4.79 Å². The Kier molecular flexibility index (Phi) is 2.78. The van der Waals surface area contributed by atoms with E-state index in [0.717, 1.165) is 11.4 Å². The summed E-state index contributed by atoms with van der Waals surface area (Å²) in [7, 11) is 1.60. The van der Waals surface area contributed by atoms with Gasteiger partial charge in [-0.2, -0.15) is 5.26 Å². The van der Waals surface area contributed by atoms with E-state index in [1.54, 1.807) is 12.0 Å². The summed E-state index contributed by atoms with van der Waals surface area (Å²) >= 11 is 0. The Morgan fingerprint density at radius 2 is 2.12 bits per heavy atom. The molecular weight excluding hydrogens is 204 g/mol. The van der Waals surface area contributed by atoms with Crippen molar-refractivity contribution < 1.29 is 9.53 Å². The van der Waals surface area contributed by atoms with E-state index in [0.29, 0.717) is 13.0 Å². The molecule has 0 spiro atoms. The molecule has 1 saturated heterocycles. The number of hydrogen-bond acceptors (Lipinski definition) is 3. The molecule has 1 aliphatic rings. The van der Waals surface area contributed by atoms with E-state index < -0.39 is 0 Å². The molecule has 4 nitrogen and oxygen atoms in total. The van der Waals surface area contributed by atoms with Crippen molar-refractivity contribution in [2.45, 2.75) is 6.42 Å². The van der Waals surface area contributed by atoms with Crippen LogP contribution in [0, 0.1) is 17.2 Å². The number of nitriles is 1. The second-order valence-corrected chi connectivity index (χ2v) is 3.73. The van der Waals surface area contributed by atoms with Gasteiger partial charge in [-0.3, -0.25) is 4.79 Å². The van der Waals surface area contributed by atoms with Gasteiger partial charge in [0.05, 0.1) is 19.1 Å². The summed E-state index contributed by atoms with van der Waals surface area (Å²) in [5.41, 5.74) is 0.823. The van der Waals surface area contributed by atoms with Gasteiger partial charge in [-0.15, -0.1) is 0 Å². The highest BCUT2D eigenvalue weighted by molar-refractivity contribution is 5.96. The molecule has 0 aliphatic carbocycles. The number of nitrogens with zero attached hydrogens (tertiary/aromatic N) is 2. The lowest BCUT2D eigenvalue weighted by Gasteiger charge is -2.15. The predicted molar refractivity (Wildman–Crippen MR) is 59.1 cm³/mol. The lowest BCUT2D eigenvalue weighted by molar-refractivity contribution is -0.117. The van der Waals surface area contributed by atoms with Crippen LogP contribution in [0.25, 0.3) is 0 Å². The van der Waals surface area contributed by atoms with Crippen LogP contribution in [0.15, 0.2) is 24.3 Å². The Hall–Kier alpha value is -2.02. The van der Waals surface area contributed by atoms with Crippen molar-refractivity contribution in [2.24, 2.45) is 5.92 Å². The molecule has 82 valence electrons. The van der Waals surface area contributed by atoms with Crippen LogP contribution >= 0.6 is 0 Å². The van der Waals surface area contributed by atoms with Crippen LogP contribution in [0.5, 0.6) is 5.75 Å². The Labute approximate surface area is 94.0 Å². The molecule has 1 unspecified atom stereocenters. The Morgan fingerprint density at radius 1 is 1.44 bits per heavy atom. The second-order valence-electron chi connectivity index (χ2n) is 3.73. The molecule has 1 aromatic rings. The average Bonchev–Trinajstić information content (AvgIpc) is 2.71. The zero-order valence-corrected chi connectivity index (χ0v) is 9.01. The minimum atomic E-state index is -0.186. The van der Waals surface area contributed by atoms with Gasteiger partial charge in [0.25, 0.3) is 0 Å². The molecule has 1 atom stereocenters. The number of amides is 1. The highest BCUT2D eigenvalue weighted by Gasteiger charge is 2.30. The predicted octanol–water partition coefficient (Wildman–Crippen LogP) is 1.57. The molecule has 1 aliphatic heterocycles. The number of methoxy groups -OCH3 is 1. The molecule has 1 fully saturated rings. The van der Waals surface area contributed by atoms with Crippen molar-refractivity contribution in [3.8, 4) is 11.8 Å². The summed E-state index contributed by atoms with van der Waals surface area (Å²) in [4.78, 5) is 13.3. The summed E-state index contributed by atoms with van der Waals surface area (Å²) < 4.78 is 5.05. The first-order chi connectivity index (χ1) is 7.74. The highest BCUT2D eigenvalue weighted by Crippen LogP contribution is 2.26. The van der Waals surface area contributed by atoms with E-state index in [2.05, 4.69) is 6.07 Å². The van der Waals surface area contributed by atoms with Gasteiger partial charge in [-0.25, -0.2) is 0 Å². The van der Waals surface area contributed by atoms with Gasteiger partial charge in [0.2, 0.25) is 5.91 Å². The molecule has 0 N–H and O–H groups in total. The first-order valence-corrected chi connectivity index (χ1v) is 5.08. The maximum Gasteiger partial charge on any atom is 0.228 e. The Bertz CT molecular complexity index is 433. The maximum atomic E-state index is 11.6. The van der Waals surface area contributed by atoms with Crippen molar-refractivity contribution in [1.29, 1.82) is 5.26 Å². The van der Waals surface area contributed by atoms with Crippen molar-refractivity contribution >= 4 is 11.6 Å². The van der Waals surface area contributed by atoms with E-state index >= 15 is 0 Å². The molecule has 4 heteroatoms. The number of hydrogen-bond donors (Lipinski definition) is 0. The third kappa shape index (κ3) is 1.84. The largest absolute Gasteiger partial charge is 0.497 e. The van der Waals surface area contributed by atoms with E-state index in [1.165, 1.54) is 0 Å². The number of rotatable bonds is 2. The fraction of sp³-hybridized carbons (Fsp3) is 0.333. The first-order valence-electron chi connectivity index (χ1n) is 5.08. The molecule has 0 bridgehead atoms. The second kappa shape index (κ2) is 4.23. The van der Waals surface area contributed by atoms with Gasteiger partial charge < -0.3 is 9.64 Å². The molecule has 0 saturated carbocycles. The van der Waals surface area contributed by atoms with Crippen LogP contribution in [0.3, 0.4) is 0 Å². The average molecular weight is 216 g/mol. The summed E-state index contributed by atoms with van der Waals surface area (Å²) in [5.74, 6) is 0.582. The van der Waals surface area contributed by atoms with Gasteiger partial charge in [0.15, 0.2) is 0 Å². The van der Waals surface area contributed by atoms with Crippen LogP contribution in [0.4, 0.5) is 5.69 Å². The van der Waals surface area contributed by atoms with Crippen LogP contribution in [0.2, 0.25) is 0 Å². The monoisotopic (exact) mass is 216 g/mol. The summed E-state index contributed by atoms with van der Waals surface area (Å²) in [5, 5.41) is 8.78. The number of carbonyl (C=O) groups excluding carboxylic acids is 1. The molecule has 1 amide bonds. The van der Waals surface area contributed by atoms with E-state index in [1.807, 2.05) is 24.3 Å². The molecule has 1 heterocycles. The van der Waals surface area contributed by atoms with E-state index in [4.69, 9.17) is 10.00 Å². The van der Waals surface area contributed by atoms with Crippen molar-refractivity contribution in [2.75, 3.05) is 18.6 Å². The molecule has 0 radical (unpaired) electrons. The van der Waals surface area contributed by atoms with Gasteiger partial charge in [0.1, 0.15) is 5.75 Å². The normalized spacial score (nSPS) is 19.6. The summed E-state index contributed by atoms with van der Waals surface area (Å²) in [6.07, 6.45) is 0.322. The van der Waals surface area contributed by atoms with Crippen molar-refractivity contribution in [3.63, 3.8) is 0 Å². The zero-order chi connectivity index (χ0) is 11.5. The van der Waals surface area contributed by atoms with Gasteiger partial charge in [-0.1, -0.05) is 0 Å². The van der Waals surface area contributed by atoms with Crippen molar-refractivity contribution in [1.82, 2.24) is 0 Å². The molecular formula is C12H12N2O2. The smallest absolute Gasteiger partial charge is 0.228 e. The molecule has 1 aromatic carbocycles. The van der Waals surface area contributed by atoms with Crippen molar-refractivity contribution in [3.05, 3.63) is 24.3 Å². The molecule has 16 heavy (non-hydrogen) atoms. The van der Waals surface area contributed by atoms with Gasteiger partial charge in [-0.05, 0) is 24.3 Å². The third-order valence-corrected chi connectivity index (χ3v) is 2.69. The van der Waals surface area contributed by atoms with Gasteiger partial charge in [0, 0.05) is 18.7 Å². The lowest BCUT2D eigenvalue weighted by Crippen LogP contribution is -2.24.